The number of nitrogens with zero attached hydrogens (tertiary/aromatic N) is 2. The number of nitrogen functional groups attached to an aromatic ring is 1. The van der Waals surface area contributed by atoms with Crippen LogP contribution in [0.3, 0.4) is 0 Å². The molecule has 0 bridgehead atoms. The number of hydrogen-bond acceptors (Lipinski definition) is 2. The molecule has 1 aromatic heterocycles. The van der Waals surface area contributed by atoms with Gasteiger partial charge in [0.15, 0.2) is 0 Å². The minimum Gasteiger partial charge on any atom is -0.393 e. The largest absolute Gasteiger partial charge is 0.393 e. The van der Waals surface area contributed by atoms with E-state index < -0.39 is 0 Å². The van der Waals surface area contributed by atoms with E-state index in [-0.39, 0.29) is 5.56 Å². The van der Waals surface area contributed by atoms with Gasteiger partial charge in [-0.2, -0.15) is 0 Å². The lowest BCUT2D eigenvalue weighted by Gasteiger charge is -2.14. The van der Waals surface area contributed by atoms with Gasteiger partial charge in [0.2, 0.25) is 0 Å². The van der Waals surface area contributed by atoms with Crippen LogP contribution in [0.2, 0.25) is 0 Å². The van der Waals surface area contributed by atoms with Gasteiger partial charge in [0.1, 0.15) is 5.69 Å². The van der Waals surface area contributed by atoms with E-state index >= 15 is 0 Å². The van der Waals surface area contributed by atoms with Crippen molar-refractivity contribution in [2.75, 3.05) is 5.73 Å². The van der Waals surface area contributed by atoms with Crippen LogP contribution in [0.1, 0.15) is 58.1 Å². The highest BCUT2D eigenvalue weighted by molar-refractivity contribution is 5.45. The van der Waals surface area contributed by atoms with Gasteiger partial charge in [0.05, 0.1) is 5.69 Å². The first-order valence-electron chi connectivity index (χ1n) is 7.15. The van der Waals surface area contributed by atoms with Crippen LogP contribution in [0.5, 0.6) is 0 Å². The van der Waals surface area contributed by atoms with Gasteiger partial charge in [-0.15, -0.1) is 0 Å². The predicted octanol–water partition coefficient (Wildman–Crippen LogP) is 2.57. The summed E-state index contributed by atoms with van der Waals surface area (Å²) in [7, 11) is 0. The third kappa shape index (κ3) is 2.47. The van der Waals surface area contributed by atoms with Crippen molar-refractivity contribution >= 4 is 5.69 Å². The van der Waals surface area contributed by atoms with Gasteiger partial charge in [-0.3, -0.25) is 9.48 Å². The second kappa shape index (κ2) is 5.21. The average molecular weight is 251 g/mol. The molecule has 0 atom stereocenters. The number of aromatic nitrogens is 2. The summed E-state index contributed by atoms with van der Waals surface area (Å²) in [5, 5.41) is 0. The van der Waals surface area contributed by atoms with Gasteiger partial charge in [-0.25, -0.2) is 4.68 Å². The number of nitrogens with two attached hydrogens (primary N) is 1. The van der Waals surface area contributed by atoms with Crippen LogP contribution in [-0.2, 0) is 13.1 Å². The topological polar surface area (TPSA) is 52.9 Å². The highest BCUT2D eigenvalue weighted by Crippen LogP contribution is 2.42. The van der Waals surface area contributed by atoms with Crippen LogP contribution in [-0.4, -0.2) is 9.36 Å². The molecule has 0 radical (unpaired) electrons. The standard InChI is InChI=1S/C14H25N3O/c1-4-8-16-13(11-5-6-11)12(15)14(18)17(16)9-7-10(2)3/h10-11H,4-9,15H2,1-3H3. The van der Waals surface area contributed by atoms with Gasteiger partial charge in [0, 0.05) is 19.0 Å². The van der Waals surface area contributed by atoms with Crippen molar-refractivity contribution in [1.82, 2.24) is 9.36 Å². The van der Waals surface area contributed by atoms with Gasteiger partial charge < -0.3 is 5.73 Å². The van der Waals surface area contributed by atoms with E-state index in [0.717, 1.165) is 31.6 Å². The number of hydrogen-bond donors (Lipinski definition) is 1. The lowest BCUT2D eigenvalue weighted by molar-refractivity contribution is 0.390. The highest BCUT2D eigenvalue weighted by atomic mass is 16.1. The molecule has 1 fully saturated rings. The van der Waals surface area contributed by atoms with Crippen LogP contribution in [0.15, 0.2) is 4.79 Å². The van der Waals surface area contributed by atoms with Crippen LogP contribution in [0, 0.1) is 5.92 Å². The van der Waals surface area contributed by atoms with E-state index in [0.29, 0.717) is 17.5 Å². The molecular formula is C14H25N3O. The summed E-state index contributed by atoms with van der Waals surface area (Å²) in [5.74, 6) is 1.14. The van der Waals surface area contributed by atoms with Gasteiger partial charge in [-0.1, -0.05) is 20.8 Å². The summed E-state index contributed by atoms with van der Waals surface area (Å²) < 4.78 is 4.02. The minimum atomic E-state index is 0.0194. The summed E-state index contributed by atoms with van der Waals surface area (Å²) in [6.45, 7) is 8.19. The maximum absolute atomic E-state index is 12.2. The molecule has 102 valence electrons. The summed E-state index contributed by atoms with van der Waals surface area (Å²) in [5.41, 5.74) is 7.64. The summed E-state index contributed by atoms with van der Waals surface area (Å²) in [6.07, 6.45) is 4.43. The van der Waals surface area contributed by atoms with Crippen molar-refractivity contribution in [1.29, 1.82) is 0 Å². The molecular weight excluding hydrogens is 226 g/mol. The lowest BCUT2D eigenvalue weighted by Crippen LogP contribution is -2.25. The molecule has 1 aliphatic rings. The van der Waals surface area contributed by atoms with Crippen molar-refractivity contribution in [2.24, 2.45) is 5.92 Å². The molecule has 2 rings (SSSR count). The zero-order valence-electron chi connectivity index (χ0n) is 11.8. The van der Waals surface area contributed by atoms with E-state index in [1.165, 1.54) is 12.8 Å². The molecule has 18 heavy (non-hydrogen) atoms. The fourth-order valence-electron chi connectivity index (χ4n) is 2.47. The first kappa shape index (κ1) is 13.2. The monoisotopic (exact) mass is 251 g/mol. The Labute approximate surface area is 109 Å². The maximum Gasteiger partial charge on any atom is 0.290 e. The maximum atomic E-state index is 12.2. The van der Waals surface area contributed by atoms with Crippen LogP contribution >= 0.6 is 0 Å². The van der Waals surface area contributed by atoms with E-state index in [1.54, 1.807) is 0 Å². The Hall–Kier alpha value is -1.19. The summed E-state index contributed by atoms with van der Waals surface area (Å²) >= 11 is 0. The minimum absolute atomic E-state index is 0.0194. The van der Waals surface area contributed by atoms with Gasteiger partial charge in [-0.05, 0) is 31.6 Å². The van der Waals surface area contributed by atoms with Crippen molar-refractivity contribution in [3.8, 4) is 0 Å². The Morgan fingerprint density at radius 1 is 1.28 bits per heavy atom. The first-order valence-corrected chi connectivity index (χ1v) is 7.15. The first-order chi connectivity index (χ1) is 8.56. The predicted molar refractivity (Wildman–Crippen MR) is 74.8 cm³/mol. The number of anilines is 1. The molecule has 0 aromatic carbocycles. The highest BCUT2D eigenvalue weighted by Gasteiger charge is 2.32. The fourth-order valence-corrected chi connectivity index (χ4v) is 2.47. The van der Waals surface area contributed by atoms with E-state index in [4.69, 9.17) is 5.73 Å². The molecule has 0 aliphatic heterocycles. The molecule has 4 nitrogen and oxygen atoms in total. The SMILES string of the molecule is CCCn1c(C2CC2)c(N)c(=O)n1CCC(C)C. The normalized spacial score (nSPS) is 15.6. The zero-order chi connectivity index (χ0) is 13.3. The second-order valence-electron chi connectivity index (χ2n) is 5.81. The van der Waals surface area contributed by atoms with Crippen molar-refractivity contribution in [3.05, 3.63) is 16.0 Å². The van der Waals surface area contributed by atoms with Crippen LogP contribution in [0.4, 0.5) is 5.69 Å². The molecule has 4 heteroatoms. The van der Waals surface area contributed by atoms with Crippen molar-refractivity contribution in [2.45, 2.75) is 65.5 Å². The molecule has 1 aliphatic carbocycles. The van der Waals surface area contributed by atoms with Crippen molar-refractivity contribution in [3.63, 3.8) is 0 Å². The summed E-state index contributed by atoms with van der Waals surface area (Å²) in [6, 6.07) is 0. The number of rotatable bonds is 6. The molecule has 1 heterocycles. The molecule has 0 spiro atoms. The van der Waals surface area contributed by atoms with E-state index in [2.05, 4.69) is 25.5 Å². The molecule has 0 amide bonds. The average Bonchev–Trinajstić information content (AvgIpc) is 3.09. The smallest absolute Gasteiger partial charge is 0.290 e. The van der Waals surface area contributed by atoms with E-state index in [9.17, 15) is 4.79 Å². The van der Waals surface area contributed by atoms with E-state index in [1.807, 2.05) is 4.68 Å². The van der Waals surface area contributed by atoms with Crippen molar-refractivity contribution < 1.29 is 0 Å². The van der Waals surface area contributed by atoms with Gasteiger partial charge in [0.25, 0.3) is 5.56 Å². The Kier molecular flexibility index (Phi) is 3.83. The Morgan fingerprint density at radius 3 is 2.44 bits per heavy atom. The quantitative estimate of drug-likeness (QED) is 0.844. The molecule has 1 saturated carbocycles. The third-order valence-corrected chi connectivity index (χ3v) is 3.63. The molecule has 1 aromatic rings. The zero-order valence-corrected chi connectivity index (χ0v) is 11.8. The second-order valence-corrected chi connectivity index (χ2v) is 5.81. The third-order valence-electron chi connectivity index (χ3n) is 3.63. The van der Waals surface area contributed by atoms with Crippen LogP contribution < -0.4 is 11.3 Å². The Morgan fingerprint density at radius 2 is 1.94 bits per heavy atom. The molecule has 0 saturated heterocycles. The Balaban J connectivity index is 2.36. The van der Waals surface area contributed by atoms with Gasteiger partial charge >= 0.3 is 0 Å². The summed E-state index contributed by atoms with van der Waals surface area (Å²) in [4.78, 5) is 12.2. The lowest BCUT2D eigenvalue weighted by atomic mass is 10.1. The molecule has 0 unspecified atom stereocenters. The Bertz CT molecular complexity index is 466. The molecule has 2 N–H and O–H groups in total. The fraction of sp³-hybridized carbons (Fsp3) is 0.786. The van der Waals surface area contributed by atoms with Crippen LogP contribution in [0.25, 0.3) is 0 Å².